The number of non-ortho nitro benzene ring substituents is 1. The van der Waals surface area contributed by atoms with Gasteiger partial charge in [0.1, 0.15) is 11.1 Å². The van der Waals surface area contributed by atoms with Gasteiger partial charge >= 0.3 is 0 Å². The van der Waals surface area contributed by atoms with E-state index >= 15 is 0 Å². The van der Waals surface area contributed by atoms with Crippen molar-refractivity contribution < 1.29 is 14.5 Å². The first kappa shape index (κ1) is 22.8. The first-order valence-corrected chi connectivity index (χ1v) is 11.5. The minimum atomic E-state index is -0.432. The molecule has 1 aliphatic heterocycles. The summed E-state index contributed by atoms with van der Waals surface area (Å²) in [6, 6.07) is 16.1. The van der Waals surface area contributed by atoms with Gasteiger partial charge < -0.3 is 10.1 Å². The molecule has 1 unspecified atom stereocenters. The van der Waals surface area contributed by atoms with E-state index in [2.05, 4.69) is 10.3 Å². The fourth-order valence-corrected chi connectivity index (χ4v) is 5.04. The molecular weight excluding hydrogens is 440 g/mol. The van der Waals surface area contributed by atoms with Crippen LogP contribution in [-0.4, -0.2) is 29.0 Å². The largest absolute Gasteiger partial charge is 0.493 e. The molecule has 1 amide bonds. The Bertz CT molecular complexity index is 1140. The Morgan fingerprint density at radius 1 is 1.24 bits per heavy atom. The number of carbonyl (C=O) groups is 1. The summed E-state index contributed by atoms with van der Waals surface area (Å²) in [7, 11) is 0. The number of nitro groups is 1. The van der Waals surface area contributed by atoms with Crippen LogP contribution in [0, 0.1) is 10.1 Å². The van der Waals surface area contributed by atoms with E-state index in [1.807, 2.05) is 42.6 Å². The molecule has 4 rings (SSSR count). The van der Waals surface area contributed by atoms with E-state index in [1.165, 1.54) is 30.8 Å². The Hall–Kier alpha value is -3.43. The van der Waals surface area contributed by atoms with Crippen LogP contribution < -0.4 is 15.0 Å². The number of nitrogens with one attached hydrogen (secondary N) is 1. The van der Waals surface area contributed by atoms with Crippen molar-refractivity contribution in [2.24, 2.45) is 0 Å². The topological polar surface area (TPSA) is 97.6 Å². The van der Waals surface area contributed by atoms with Crippen molar-refractivity contribution in [3.8, 4) is 5.75 Å². The zero-order valence-electron chi connectivity index (χ0n) is 18.1. The summed E-state index contributed by atoms with van der Waals surface area (Å²) in [6.45, 7) is 3.41. The molecule has 0 spiro atoms. The highest BCUT2D eigenvalue weighted by Crippen LogP contribution is 2.53. The number of nitrogens with zero attached hydrogens (tertiary/aromatic N) is 3. The second-order valence-electron chi connectivity index (χ2n) is 7.55. The third kappa shape index (κ3) is 5.32. The third-order valence-corrected chi connectivity index (χ3v) is 6.50. The molecule has 0 saturated heterocycles. The van der Waals surface area contributed by atoms with E-state index in [4.69, 9.17) is 4.74 Å². The van der Waals surface area contributed by atoms with E-state index in [0.29, 0.717) is 17.9 Å². The van der Waals surface area contributed by atoms with Crippen molar-refractivity contribution in [1.82, 2.24) is 10.3 Å². The van der Waals surface area contributed by atoms with Crippen LogP contribution in [0.15, 0.2) is 71.9 Å². The Morgan fingerprint density at radius 3 is 2.85 bits per heavy atom. The molecule has 33 heavy (non-hydrogen) atoms. The van der Waals surface area contributed by atoms with Crippen molar-refractivity contribution >= 4 is 29.0 Å². The van der Waals surface area contributed by atoms with E-state index in [9.17, 15) is 14.9 Å². The van der Waals surface area contributed by atoms with Crippen LogP contribution in [0.4, 0.5) is 11.4 Å². The number of nitro benzene ring substituents is 1. The number of para-hydroxylation sites is 1. The van der Waals surface area contributed by atoms with Crippen LogP contribution in [0.1, 0.15) is 29.8 Å². The maximum atomic E-state index is 12.5. The molecular formula is C24H24N4O4S. The van der Waals surface area contributed by atoms with Crippen LogP contribution in [0.25, 0.3) is 0 Å². The number of thioether (sulfide) groups is 1. The summed E-state index contributed by atoms with van der Waals surface area (Å²) in [6.07, 6.45) is 4.32. The predicted octanol–water partition coefficient (Wildman–Crippen LogP) is 4.71. The maximum absolute atomic E-state index is 12.5. The lowest BCUT2D eigenvalue weighted by molar-refractivity contribution is -0.384. The van der Waals surface area contributed by atoms with Crippen molar-refractivity contribution in [3.63, 3.8) is 0 Å². The van der Waals surface area contributed by atoms with Gasteiger partial charge in [-0.15, -0.1) is 0 Å². The molecule has 0 saturated carbocycles. The van der Waals surface area contributed by atoms with Crippen molar-refractivity contribution in [2.45, 2.75) is 30.2 Å². The van der Waals surface area contributed by atoms with E-state index in [1.54, 1.807) is 17.2 Å². The highest BCUT2D eigenvalue weighted by atomic mass is 32.2. The number of amides is 1. The maximum Gasteiger partial charge on any atom is 0.270 e. The van der Waals surface area contributed by atoms with Crippen LogP contribution in [0.5, 0.6) is 5.75 Å². The number of rotatable bonds is 9. The van der Waals surface area contributed by atoms with E-state index < -0.39 is 10.3 Å². The second kappa shape index (κ2) is 10.5. The summed E-state index contributed by atoms with van der Waals surface area (Å²) < 4.78 is 6.04. The number of benzene rings is 2. The van der Waals surface area contributed by atoms with Crippen molar-refractivity contribution in [2.75, 3.05) is 18.1 Å². The standard InChI is InChI=1S/C24H24N4O4S/c1-17(29)27-21-7-2-3-8-23(21)33-24(27)20-14-19(28(30)31)9-10-22(20)32-13-5-12-26-16-18-6-4-11-25-15-18/h2-4,6-11,14-15,24,26H,5,12-13,16H2,1H3. The highest BCUT2D eigenvalue weighted by Gasteiger charge is 2.36. The Labute approximate surface area is 196 Å². The molecule has 0 bridgehead atoms. The van der Waals surface area contributed by atoms with Crippen LogP contribution in [0.3, 0.4) is 0 Å². The van der Waals surface area contributed by atoms with Crippen LogP contribution >= 0.6 is 11.8 Å². The highest BCUT2D eigenvalue weighted by molar-refractivity contribution is 8.00. The first-order valence-electron chi connectivity index (χ1n) is 10.6. The van der Waals surface area contributed by atoms with E-state index in [0.717, 1.165) is 35.7 Å². The SMILES string of the molecule is CC(=O)N1c2ccccc2SC1c1cc([N+](=O)[O-])ccc1OCCCNCc1cccnc1. The Balaban J connectivity index is 1.46. The normalized spacial score (nSPS) is 14.7. The molecule has 3 aromatic rings. The lowest BCUT2D eigenvalue weighted by Gasteiger charge is -2.25. The molecule has 2 aromatic carbocycles. The third-order valence-electron chi connectivity index (χ3n) is 5.21. The van der Waals surface area contributed by atoms with Gasteiger partial charge in [-0.25, -0.2) is 0 Å². The van der Waals surface area contributed by atoms with Gasteiger partial charge in [-0.2, -0.15) is 0 Å². The molecule has 1 atom stereocenters. The number of fused-ring (bicyclic) bond motifs is 1. The van der Waals surface area contributed by atoms with Gasteiger partial charge in [0, 0.05) is 48.5 Å². The summed E-state index contributed by atoms with van der Waals surface area (Å²) >= 11 is 1.49. The quantitative estimate of drug-likeness (QED) is 0.278. The van der Waals surface area contributed by atoms with Crippen LogP contribution in [0.2, 0.25) is 0 Å². The van der Waals surface area contributed by atoms with Gasteiger partial charge in [0.2, 0.25) is 5.91 Å². The smallest absolute Gasteiger partial charge is 0.270 e. The number of ether oxygens (including phenoxy) is 1. The molecule has 0 fully saturated rings. The van der Waals surface area contributed by atoms with Gasteiger partial charge in [-0.3, -0.25) is 24.8 Å². The number of pyridine rings is 1. The number of carbonyl (C=O) groups excluding carboxylic acids is 1. The van der Waals surface area contributed by atoms with Gasteiger partial charge in [-0.05, 0) is 42.8 Å². The number of aromatic nitrogens is 1. The molecule has 170 valence electrons. The second-order valence-corrected chi connectivity index (χ2v) is 8.67. The average Bonchev–Trinajstić information content (AvgIpc) is 3.21. The van der Waals surface area contributed by atoms with Gasteiger partial charge in [-0.1, -0.05) is 30.0 Å². The molecule has 0 aliphatic carbocycles. The van der Waals surface area contributed by atoms with Crippen molar-refractivity contribution in [1.29, 1.82) is 0 Å². The van der Waals surface area contributed by atoms with Crippen molar-refractivity contribution in [3.05, 3.63) is 88.2 Å². The number of anilines is 1. The number of hydrogen-bond acceptors (Lipinski definition) is 7. The summed E-state index contributed by atoms with van der Waals surface area (Å²) in [5.74, 6) is 0.416. The Kier molecular flexibility index (Phi) is 7.21. The first-order chi connectivity index (χ1) is 16.0. The minimum absolute atomic E-state index is 0.0319. The summed E-state index contributed by atoms with van der Waals surface area (Å²) in [5.41, 5.74) is 2.50. The summed E-state index contributed by atoms with van der Waals surface area (Å²) in [4.78, 5) is 30.2. The molecule has 1 aliphatic rings. The lowest BCUT2D eigenvalue weighted by Crippen LogP contribution is -2.28. The molecule has 8 nitrogen and oxygen atoms in total. The monoisotopic (exact) mass is 464 g/mol. The molecule has 1 N–H and O–H groups in total. The molecule has 0 radical (unpaired) electrons. The lowest BCUT2D eigenvalue weighted by atomic mass is 10.1. The van der Waals surface area contributed by atoms with Crippen LogP contribution in [-0.2, 0) is 11.3 Å². The molecule has 2 heterocycles. The molecule has 1 aromatic heterocycles. The van der Waals surface area contributed by atoms with Gasteiger partial charge in [0.05, 0.1) is 17.2 Å². The fourth-order valence-electron chi connectivity index (χ4n) is 3.68. The van der Waals surface area contributed by atoms with E-state index in [-0.39, 0.29) is 11.6 Å². The zero-order chi connectivity index (χ0) is 23.2. The van der Waals surface area contributed by atoms with Gasteiger partial charge in [0.15, 0.2) is 0 Å². The fraction of sp³-hybridized carbons (Fsp3) is 0.250. The zero-order valence-corrected chi connectivity index (χ0v) is 19.0. The van der Waals surface area contributed by atoms with Gasteiger partial charge in [0.25, 0.3) is 5.69 Å². The minimum Gasteiger partial charge on any atom is -0.493 e. The average molecular weight is 465 g/mol. The summed E-state index contributed by atoms with van der Waals surface area (Å²) in [5, 5.41) is 14.3. The Morgan fingerprint density at radius 2 is 2.09 bits per heavy atom. The number of hydrogen-bond donors (Lipinski definition) is 1. The predicted molar refractivity (Wildman–Crippen MR) is 127 cm³/mol. The molecule has 9 heteroatoms.